The van der Waals surface area contributed by atoms with Crippen molar-refractivity contribution in [3.8, 4) is 5.75 Å². The molecule has 1 N–H and O–H groups in total. The molecule has 2 atom stereocenters. The van der Waals surface area contributed by atoms with Gasteiger partial charge < -0.3 is 19.5 Å². The van der Waals surface area contributed by atoms with Gasteiger partial charge in [0.05, 0.1) is 0 Å². The van der Waals surface area contributed by atoms with E-state index in [2.05, 4.69) is 25.5 Å². The Morgan fingerprint density at radius 1 is 1.09 bits per heavy atom. The number of aryl methyl sites for hydroxylation is 1. The Morgan fingerprint density at radius 3 is 2.38 bits per heavy atom. The monoisotopic (exact) mass is 491 g/mol. The van der Waals surface area contributed by atoms with Gasteiger partial charge in [-0.2, -0.15) is 36.3 Å². The highest BCUT2D eigenvalue weighted by Crippen LogP contribution is 2.40. The lowest BCUT2D eigenvalue weighted by Gasteiger charge is -2.37. The highest BCUT2D eigenvalue weighted by atomic mass is 19.4. The van der Waals surface area contributed by atoms with Crippen LogP contribution in [0.5, 0.6) is 5.75 Å². The van der Waals surface area contributed by atoms with E-state index >= 15 is 0 Å². The number of nitrogens with zero attached hydrogens (tertiary/aromatic N) is 6. The van der Waals surface area contributed by atoms with Gasteiger partial charge >= 0.3 is 18.4 Å². The van der Waals surface area contributed by atoms with Crippen LogP contribution in [0.3, 0.4) is 0 Å². The third kappa shape index (κ3) is 4.30. The smallest absolute Gasteiger partial charge is 0.433 e. The van der Waals surface area contributed by atoms with E-state index in [1.165, 1.54) is 0 Å². The topological polar surface area (TPSA) is 93.6 Å². The zero-order valence-electron chi connectivity index (χ0n) is 17.7. The maximum atomic E-state index is 13.5. The molecule has 9 nitrogen and oxygen atoms in total. The fourth-order valence-corrected chi connectivity index (χ4v) is 4.67. The molecule has 0 amide bonds. The van der Waals surface area contributed by atoms with Crippen LogP contribution in [0.15, 0.2) is 16.7 Å². The molecule has 5 rings (SSSR count). The first-order valence-corrected chi connectivity index (χ1v) is 10.5. The molecule has 2 aliphatic rings. The van der Waals surface area contributed by atoms with E-state index in [1.54, 1.807) is 6.92 Å². The summed E-state index contributed by atoms with van der Waals surface area (Å²) in [6.45, 7) is 1.24. The fourth-order valence-electron chi connectivity index (χ4n) is 4.67. The van der Waals surface area contributed by atoms with Gasteiger partial charge in [0.25, 0.3) is 0 Å². The first kappa shape index (κ1) is 22.5. The van der Waals surface area contributed by atoms with E-state index in [0.29, 0.717) is 35.5 Å². The van der Waals surface area contributed by atoms with Crippen molar-refractivity contribution in [2.45, 2.75) is 38.2 Å². The molecule has 3 aromatic heterocycles. The van der Waals surface area contributed by atoms with Gasteiger partial charge in [-0.25, -0.2) is 4.52 Å². The molecule has 0 spiro atoms. The molecule has 4 heterocycles. The zero-order valence-corrected chi connectivity index (χ0v) is 17.7. The Hall–Kier alpha value is -3.26. The predicted octanol–water partition coefficient (Wildman–Crippen LogP) is 3.71. The second kappa shape index (κ2) is 7.91. The molecular formula is C19H19F6N7O2. The summed E-state index contributed by atoms with van der Waals surface area (Å²) >= 11 is 0. The van der Waals surface area contributed by atoms with Crippen molar-refractivity contribution < 1.29 is 35.6 Å². The number of alkyl halides is 6. The van der Waals surface area contributed by atoms with Crippen molar-refractivity contribution >= 4 is 17.6 Å². The van der Waals surface area contributed by atoms with E-state index in [-0.39, 0.29) is 23.8 Å². The van der Waals surface area contributed by atoms with Crippen LogP contribution < -0.4 is 15.0 Å². The van der Waals surface area contributed by atoms with E-state index in [0.717, 1.165) is 18.9 Å². The van der Waals surface area contributed by atoms with E-state index in [9.17, 15) is 26.3 Å². The average molecular weight is 491 g/mol. The summed E-state index contributed by atoms with van der Waals surface area (Å²) in [5.41, 5.74) is -1.63. The molecule has 1 aliphatic heterocycles. The van der Waals surface area contributed by atoms with Crippen LogP contribution in [0.4, 0.5) is 38.3 Å². The van der Waals surface area contributed by atoms with Crippen molar-refractivity contribution in [3.63, 3.8) is 0 Å². The van der Waals surface area contributed by atoms with Crippen molar-refractivity contribution in [3.05, 3.63) is 23.7 Å². The number of ether oxygens (including phenoxy) is 1. The van der Waals surface area contributed by atoms with Crippen LogP contribution in [-0.2, 0) is 6.18 Å². The van der Waals surface area contributed by atoms with Crippen LogP contribution in [0.2, 0.25) is 0 Å². The van der Waals surface area contributed by atoms with Gasteiger partial charge in [-0.15, -0.1) is 5.10 Å². The first-order chi connectivity index (χ1) is 16.0. The molecule has 1 aliphatic carbocycles. The molecule has 184 valence electrons. The Kier molecular flexibility index (Phi) is 5.24. The number of hydrogen-bond acceptors (Lipinski definition) is 8. The molecular weight excluding hydrogens is 472 g/mol. The Labute approximate surface area is 188 Å². The standard InChI is InChI=1S/C19H19F6N7O2/c1-9-26-17(34-30-9)31-6-10-2-3-11(7-31)14(10)27-16-28-15-12(33-8-18(20,21)22)4-5-13(19(23,24)25)32(15)29-16/h4-5,10-11,14H,2-3,6-8H2,1H3,(H,27,29). The number of pyridine rings is 1. The lowest BCUT2D eigenvalue weighted by molar-refractivity contribution is -0.153. The number of nitrogens with one attached hydrogen (secondary N) is 1. The Bertz CT molecular complexity index is 1180. The molecule has 2 unspecified atom stereocenters. The van der Waals surface area contributed by atoms with Crippen molar-refractivity contribution in [2.75, 3.05) is 29.9 Å². The molecule has 34 heavy (non-hydrogen) atoms. The van der Waals surface area contributed by atoms with Crippen LogP contribution in [0.25, 0.3) is 5.65 Å². The minimum Gasteiger partial charge on any atom is -0.480 e. The summed E-state index contributed by atoms with van der Waals surface area (Å²) < 4.78 is 88.6. The van der Waals surface area contributed by atoms with Crippen molar-refractivity contribution in [1.29, 1.82) is 0 Å². The number of fused-ring (bicyclic) bond motifs is 3. The van der Waals surface area contributed by atoms with Gasteiger partial charge in [0.2, 0.25) is 5.95 Å². The summed E-state index contributed by atoms with van der Waals surface area (Å²) in [5.74, 6) is 0.176. The summed E-state index contributed by atoms with van der Waals surface area (Å²) in [7, 11) is 0. The van der Waals surface area contributed by atoms with E-state index < -0.39 is 36.1 Å². The Balaban J connectivity index is 1.41. The van der Waals surface area contributed by atoms with Gasteiger partial charge in [0, 0.05) is 19.1 Å². The van der Waals surface area contributed by atoms with Gasteiger partial charge in [0.15, 0.2) is 23.8 Å². The lowest BCUT2D eigenvalue weighted by atomic mass is 9.92. The molecule has 15 heteroatoms. The summed E-state index contributed by atoms with van der Waals surface area (Å²) in [5, 5.41) is 10.8. The van der Waals surface area contributed by atoms with Gasteiger partial charge in [0.1, 0.15) is 5.69 Å². The summed E-state index contributed by atoms with van der Waals surface area (Å²) in [6.07, 6.45) is -7.72. The van der Waals surface area contributed by atoms with Crippen LogP contribution in [0, 0.1) is 18.8 Å². The summed E-state index contributed by atoms with van der Waals surface area (Å²) in [4.78, 5) is 10.3. The number of rotatable bonds is 5. The first-order valence-electron chi connectivity index (χ1n) is 10.5. The second-order valence-corrected chi connectivity index (χ2v) is 8.45. The number of hydrogen-bond donors (Lipinski definition) is 1. The molecule has 0 radical (unpaired) electrons. The SMILES string of the molecule is Cc1noc(N2CC3CCC(C2)C3Nc2nc3c(OCC(F)(F)F)ccc(C(F)(F)F)n3n2)n1. The minimum absolute atomic E-state index is 0.112. The molecule has 0 aromatic carbocycles. The van der Waals surface area contributed by atoms with E-state index in [4.69, 9.17) is 9.26 Å². The third-order valence-electron chi connectivity index (χ3n) is 6.05. The molecule has 1 saturated heterocycles. The predicted molar refractivity (Wildman–Crippen MR) is 104 cm³/mol. The summed E-state index contributed by atoms with van der Waals surface area (Å²) in [6, 6.07) is 1.72. The van der Waals surface area contributed by atoms with Gasteiger partial charge in [-0.3, -0.25) is 0 Å². The number of piperidine rings is 1. The molecule has 2 fully saturated rings. The van der Waals surface area contributed by atoms with Crippen LogP contribution >= 0.6 is 0 Å². The highest BCUT2D eigenvalue weighted by molar-refractivity contribution is 5.57. The van der Waals surface area contributed by atoms with Crippen molar-refractivity contribution in [2.24, 2.45) is 11.8 Å². The second-order valence-electron chi connectivity index (χ2n) is 8.45. The maximum absolute atomic E-state index is 13.5. The van der Waals surface area contributed by atoms with Crippen molar-refractivity contribution in [1.82, 2.24) is 24.7 Å². The van der Waals surface area contributed by atoms with Crippen LogP contribution in [-0.4, -0.2) is 56.7 Å². The number of halogens is 6. The zero-order chi connectivity index (χ0) is 24.3. The molecule has 1 saturated carbocycles. The molecule has 2 bridgehead atoms. The average Bonchev–Trinajstić information content (AvgIpc) is 3.41. The maximum Gasteiger partial charge on any atom is 0.433 e. The normalized spacial score (nSPS) is 23.0. The van der Waals surface area contributed by atoms with Gasteiger partial charge in [-0.1, -0.05) is 5.16 Å². The highest BCUT2D eigenvalue weighted by Gasteiger charge is 2.44. The quantitative estimate of drug-likeness (QED) is 0.540. The van der Waals surface area contributed by atoms with Crippen LogP contribution in [0.1, 0.15) is 24.4 Å². The lowest BCUT2D eigenvalue weighted by Crippen LogP contribution is -2.48. The largest absolute Gasteiger partial charge is 0.480 e. The van der Waals surface area contributed by atoms with Gasteiger partial charge in [-0.05, 0) is 43.7 Å². The fraction of sp³-hybridized carbons (Fsp3) is 0.579. The minimum atomic E-state index is -4.79. The third-order valence-corrected chi connectivity index (χ3v) is 6.05. The number of aromatic nitrogens is 5. The molecule has 3 aromatic rings. The number of anilines is 2. The van der Waals surface area contributed by atoms with E-state index in [1.807, 2.05) is 4.90 Å². The Morgan fingerprint density at radius 2 is 1.79 bits per heavy atom.